The number of aromatic nitrogens is 3. The lowest BCUT2D eigenvalue weighted by Crippen LogP contribution is -2.34. The lowest BCUT2D eigenvalue weighted by Gasteiger charge is -2.14. The van der Waals surface area contributed by atoms with Crippen LogP contribution in [0.25, 0.3) is 10.9 Å². The fourth-order valence-electron chi connectivity index (χ4n) is 2.36. The molecule has 1 unspecified atom stereocenters. The molecular formula is C18H14ClFN4O4. The first-order valence-electron chi connectivity index (χ1n) is 8.13. The molecule has 3 aromatic rings. The molecule has 1 atom stereocenters. The molecule has 0 spiro atoms. The van der Waals surface area contributed by atoms with Crippen molar-refractivity contribution in [1.29, 1.82) is 0 Å². The van der Waals surface area contributed by atoms with Gasteiger partial charge in [-0.25, -0.2) is 4.39 Å². The number of nitrogens with one attached hydrogen (secondary N) is 1. The Balaban J connectivity index is 1.65. The average molecular weight is 405 g/mol. The second-order valence-electron chi connectivity index (χ2n) is 5.81. The lowest BCUT2D eigenvalue weighted by molar-refractivity contribution is -0.154. The van der Waals surface area contributed by atoms with Crippen LogP contribution in [0.1, 0.15) is 6.92 Å². The molecule has 1 N–H and O–H groups in total. The minimum atomic E-state index is -1.23. The van der Waals surface area contributed by atoms with Crippen LogP contribution >= 0.6 is 11.6 Å². The Hall–Kier alpha value is -3.33. The second kappa shape index (κ2) is 8.13. The quantitative estimate of drug-likeness (QED) is 0.653. The first-order valence-corrected chi connectivity index (χ1v) is 8.51. The number of hydrogen-bond acceptors (Lipinski definition) is 6. The molecule has 0 aliphatic carbocycles. The normalized spacial score (nSPS) is 11.8. The number of amides is 1. The molecule has 0 saturated heterocycles. The molecule has 0 aliphatic heterocycles. The van der Waals surface area contributed by atoms with E-state index in [1.807, 2.05) is 0 Å². The summed E-state index contributed by atoms with van der Waals surface area (Å²) in [6, 6.07) is 10.3. The summed E-state index contributed by atoms with van der Waals surface area (Å²) in [6.07, 6.45) is -1.23. The van der Waals surface area contributed by atoms with E-state index in [9.17, 15) is 18.8 Å². The highest BCUT2D eigenvalue weighted by Crippen LogP contribution is 2.19. The molecule has 3 rings (SSSR count). The van der Waals surface area contributed by atoms with E-state index in [0.717, 1.165) is 10.7 Å². The number of fused-ring (bicyclic) bond motifs is 1. The zero-order chi connectivity index (χ0) is 20.3. The Morgan fingerprint density at radius 2 is 2.04 bits per heavy atom. The van der Waals surface area contributed by atoms with Gasteiger partial charge in [0, 0.05) is 5.02 Å². The number of ether oxygens (including phenoxy) is 1. The summed E-state index contributed by atoms with van der Waals surface area (Å²) < 4.78 is 19.6. The largest absolute Gasteiger partial charge is 0.451 e. The van der Waals surface area contributed by atoms with Gasteiger partial charge in [-0.15, -0.1) is 5.10 Å². The maximum atomic E-state index is 13.7. The van der Waals surface area contributed by atoms with Gasteiger partial charge in [0.2, 0.25) is 0 Å². The number of hydrogen-bond donors (Lipinski definition) is 1. The van der Waals surface area contributed by atoms with E-state index in [2.05, 4.69) is 15.6 Å². The molecule has 10 heteroatoms. The van der Waals surface area contributed by atoms with Crippen molar-refractivity contribution in [2.24, 2.45) is 0 Å². The van der Waals surface area contributed by atoms with Crippen LogP contribution in [0.3, 0.4) is 0 Å². The van der Waals surface area contributed by atoms with Gasteiger partial charge in [0.25, 0.3) is 11.5 Å². The van der Waals surface area contributed by atoms with Crippen molar-refractivity contribution >= 4 is 40.1 Å². The summed E-state index contributed by atoms with van der Waals surface area (Å²) in [6.45, 7) is 0.791. The van der Waals surface area contributed by atoms with Crippen LogP contribution < -0.4 is 10.9 Å². The number of benzene rings is 2. The lowest BCUT2D eigenvalue weighted by atomic mass is 10.2. The van der Waals surface area contributed by atoms with Gasteiger partial charge in [-0.05, 0) is 37.3 Å². The minimum Gasteiger partial charge on any atom is -0.451 e. The number of nitrogens with zero attached hydrogens (tertiary/aromatic N) is 3. The maximum Gasteiger partial charge on any atom is 0.328 e. The Morgan fingerprint density at radius 1 is 1.29 bits per heavy atom. The molecule has 2 aromatic carbocycles. The first kappa shape index (κ1) is 19.4. The summed E-state index contributed by atoms with van der Waals surface area (Å²) in [5.41, 5.74) is -0.216. The fraction of sp³-hybridized carbons (Fsp3) is 0.167. The number of carbonyl (C=O) groups excluding carboxylic acids is 2. The predicted octanol–water partition coefficient (Wildman–Crippen LogP) is 2.15. The van der Waals surface area contributed by atoms with E-state index in [0.29, 0.717) is 10.9 Å². The number of anilines is 1. The number of halogens is 2. The van der Waals surface area contributed by atoms with Crippen molar-refractivity contribution in [2.45, 2.75) is 19.6 Å². The van der Waals surface area contributed by atoms with E-state index in [1.165, 1.54) is 19.1 Å². The van der Waals surface area contributed by atoms with Crippen molar-refractivity contribution in [3.63, 3.8) is 0 Å². The number of esters is 1. The van der Waals surface area contributed by atoms with Crippen LogP contribution in [0.5, 0.6) is 0 Å². The standard InChI is InChI=1S/C18H14ClFN4O4/c1-10(17(26)21-15-7-6-11(19)8-13(15)20)28-16(25)9-24-18(27)12-4-2-3-5-14(12)22-23-24/h2-8,10H,9H2,1H3,(H,21,26). The van der Waals surface area contributed by atoms with Gasteiger partial charge in [0.05, 0.1) is 11.1 Å². The van der Waals surface area contributed by atoms with E-state index in [4.69, 9.17) is 16.3 Å². The highest BCUT2D eigenvalue weighted by atomic mass is 35.5. The molecule has 1 aromatic heterocycles. The van der Waals surface area contributed by atoms with Gasteiger partial charge in [-0.3, -0.25) is 14.4 Å². The summed E-state index contributed by atoms with van der Waals surface area (Å²) in [5, 5.41) is 10.3. The topological polar surface area (TPSA) is 103 Å². The van der Waals surface area contributed by atoms with Crippen molar-refractivity contribution < 1.29 is 18.7 Å². The zero-order valence-electron chi connectivity index (χ0n) is 14.6. The van der Waals surface area contributed by atoms with Gasteiger partial charge in [0.15, 0.2) is 6.10 Å². The summed E-state index contributed by atoms with van der Waals surface area (Å²) in [4.78, 5) is 36.5. The predicted molar refractivity (Wildman–Crippen MR) is 99.4 cm³/mol. The second-order valence-corrected chi connectivity index (χ2v) is 6.25. The van der Waals surface area contributed by atoms with Crippen LogP contribution in [-0.4, -0.2) is 33.0 Å². The third kappa shape index (κ3) is 4.32. The number of rotatable bonds is 5. The molecule has 0 saturated carbocycles. The van der Waals surface area contributed by atoms with E-state index in [-0.39, 0.29) is 10.7 Å². The molecule has 0 radical (unpaired) electrons. The van der Waals surface area contributed by atoms with Crippen molar-refractivity contribution in [3.05, 3.63) is 63.7 Å². The van der Waals surface area contributed by atoms with Gasteiger partial charge in [0.1, 0.15) is 17.9 Å². The van der Waals surface area contributed by atoms with Crippen LogP contribution in [0.15, 0.2) is 47.3 Å². The summed E-state index contributed by atoms with van der Waals surface area (Å²) in [5.74, 6) is -2.34. The monoisotopic (exact) mass is 404 g/mol. The first-order chi connectivity index (χ1) is 13.3. The molecule has 28 heavy (non-hydrogen) atoms. The smallest absolute Gasteiger partial charge is 0.328 e. The minimum absolute atomic E-state index is 0.103. The van der Waals surface area contributed by atoms with Gasteiger partial charge >= 0.3 is 5.97 Å². The molecular weight excluding hydrogens is 391 g/mol. The van der Waals surface area contributed by atoms with Gasteiger partial charge < -0.3 is 10.1 Å². The van der Waals surface area contributed by atoms with Crippen LogP contribution in [-0.2, 0) is 20.9 Å². The van der Waals surface area contributed by atoms with Crippen LogP contribution in [0.4, 0.5) is 10.1 Å². The SMILES string of the molecule is CC(OC(=O)Cn1nnc2ccccc2c1=O)C(=O)Nc1ccc(Cl)cc1F. The highest BCUT2D eigenvalue weighted by Gasteiger charge is 2.20. The summed E-state index contributed by atoms with van der Waals surface area (Å²) >= 11 is 5.65. The van der Waals surface area contributed by atoms with E-state index < -0.39 is 35.9 Å². The Kier molecular flexibility index (Phi) is 5.65. The Bertz CT molecular complexity index is 1120. The highest BCUT2D eigenvalue weighted by molar-refractivity contribution is 6.30. The molecule has 144 valence electrons. The molecule has 0 bridgehead atoms. The van der Waals surface area contributed by atoms with Crippen molar-refractivity contribution in [2.75, 3.05) is 5.32 Å². The van der Waals surface area contributed by atoms with Crippen LogP contribution in [0.2, 0.25) is 5.02 Å². The third-order valence-corrected chi connectivity index (χ3v) is 4.01. The van der Waals surface area contributed by atoms with Gasteiger partial charge in [-0.2, -0.15) is 4.68 Å². The number of carbonyl (C=O) groups is 2. The van der Waals surface area contributed by atoms with E-state index in [1.54, 1.807) is 24.3 Å². The van der Waals surface area contributed by atoms with Crippen LogP contribution in [0, 0.1) is 5.82 Å². The molecule has 0 fully saturated rings. The van der Waals surface area contributed by atoms with Gasteiger partial charge in [-0.1, -0.05) is 28.9 Å². The average Bonchev–Trinajstić information content (AvgIpc) is 2.66. The third-order valence-electron chi connectivity index (χ3n) is 3.77. The Morgan fingerprint density at radius 3 is 2.79 bits per heavy atom. The molecule has 8 nitrogen and oxygen atoms in total. The Labute approximate surface area is 162 Å². The zero-order valence-corrected chi connectivity index (χ0v) is 15.3. The molecule has 0 aliphatic rings. The van der Waals surface area contributed by atoms with E-state index >= 15 is 0 Å². The fourth-order valence-corrected chi connectivity index (χ4v) is 2.52. The maximum absolute atomic E-state index is 13.7. The molecule has 1 heterocycles. The van der Waals surface area contributed by atoms with Crippen molar-refractivity contribution in [1.82, 2.24) is 15.0 Å². The van der Waals surface area contributed by atoms with Crippen molar-refractivity contribution in [3.8, 4) is 0 Å². The molecule has 1 amide bonds. The summed E-state index contributed by atoms with van der Waals surface area (Å²) in [7, 11) is 0.